The van der Waals surface area contributed by atoms with Gasteiger partial charge in [0, 0.05) is 24.5 Å². The minimum Gasteiger partial charge on any atom is -0.486 e. The first-order chi connectivity index (χ1) is 15.5. The fourth-order valence-electron chi connectivity index (χ4n) is 3.64. The number of hydrogen-bond acceptors (Lipinski definition) is 5. The Hall–Kier alpha value is -2.61. The number of amides is 3. The molecule has 0 spiro atoms. The van der Waals surface area contributed by atoms with Crippen LogP contribution in [0.25, 0.3) is 0 Å². The van der Waals surface area contributed by atoms with Crippen LogP contribution in [0.3, 0.4) is 0 Å². The number of nitrogens with zero attached hydrogens (tertiary/aromatic N) is 1. The van der Waals surface area contributed by atoms with Crippen LogP contribution in [-0.2, 0) is 6.61 Å². The van der Waals surface area contributed by atoms with E-state index in [4.69, 9.17) is 4.74 Å². The standard InChI is InChI=1S/C24H34N4O3S/c1-17(2)18-9-11-20(12-10-18)31-15-22-28-21(16-32-22)23(29)25-13-6-14-26-24(30)27-19-7-4-3-5-8-19/h9-12,16-17,19H,3-8,13-15H2,1-2H3,(H,25,29)(H2,26,27,30). The minimum atomic E-state index is -0.208. The Bertz CT molecular complexity index is 860. The van der Waals surface area contributed by atoms with Crippen molar-refractivity contribution < 1.29 is 14.3 Å². The van der Waals surface area contributed by atoms with E-state index in [0.29, 0.717) is 43.8 Å². The first kappa shape index (κ1) is 24.0. The van der Waals surface area contributed by atoms with Crippen LogP contribution in [0.2, 0.25) is 0 Å². The van der Waals surface area contributed by atoms with Gasteiger partial charge in [-0.15, -0.1) is 11.3 Å². The molecule has 1 aromatic heterocycles. The minimum absolute atomic E-state index is 0.119. The number of nitrogens with one attached hydrogen (secondary N) is 3. The monoisotopic (exact) mass is 458 g/mol. The van der Waals surface area contributed by atoms with Crippen molar-refractivity contribution in [3.8, 4) is 5.75 Å². The average Bonchev–Trinajstić information content (AvgIpc) is 3.27. The van der Waals surface area contributed by atoms with Crippen molar-refractivity contribution in [2.75, 3.05) is 13.1 Å². The molecule has 0 bridgehead atoms. The largest absolute Gasteiger partial charge is 0.486 e. The van der Waals surface area contributed by atoms with Crippen molar-refractivity contribution in [1.82, 2.24) is 20.9 Å². The van der Waals surface area contributed by atoms with E-state index in [1.54, 1.807) is 5.38 Å². The van der Waals surface area contributed by atoms with Crippen molar-refractivity contribution in [2.24, 2.45) is 0 Å². The maximum absolute atomic E-state index is 12.3. The number of thiazole rings is 1. The third-order valence-electron chi connectivity index (χ3n) is 5.56. The molecule has 8 heteroatoms. The smallest absolute Gasteiger partial charge is 0.315 e. The first-order valence-electron chi connectivity index (χ1n) is 11.5. The Kier molecular flexibility index (Phi) is 9.34. The Labute approximate surface area is 194 Å². The number of ether oxygens (including phenoxy) is 1. The summed E-state index contributed by atoms with van der Waals surface area (Å²) < 4.78 is 5.78. The van der Waals surface area contributed by atoms with Gasteiger partial charge in [0.1, 0.15) is 23.1 Å². The zero-order valence-corrected chi connectivity index (χ0v) is 19.8. The fourth-order valence-corrected chi connectivity index (χ4v) is 4.33. The summed E-state index contributed by atoms with van der Waals surface area (Å²) in [7, 11) is 0. The van der Waals surface area contributed by atoms with Crippen LogP contribution in [0.4, 0.5) is 4.79 Å². The molecule has 1 aromatic carbocycles. The summed E-state index contributed by atoms with van der Waals surface area (Å²) >= 11 is 1.41. The van der Waals surface area contributed by atoms with E-state index in [-0.39, 0.29) is 11.9 Å². The van der Waals surface area contributed by atoms with E-state index in [1.807, 2.05) is 12.1 Å². The molecule has 0 saturated heterocycles. The van der Waals surface area contributed by atoms with Crippen LogP contribution in [0.5, 0.6) is 5.75 Å². The van der Waals surface area contributed by atoms with Gasteiger partial charge in [0.25, 0.3) is 5.91 Å². The molecular weight excluding hydrogens is 424 g/mol. The van der Waals surface area contributed by atoms with Crippen LogP contribution < -0.4 is 20.7 Å². The van der Waals surface area contributed by atoms with Crippen molar-refractivity contribution in [3.05, 3.63) is 45.9 Å². The highest BCUT2D eigenvalue weighted by atomic mass is 32.1. The molecule has 0 aliphatic heterocycles. The lowest BCUT2D eigenvalue weighted by atomic mass is 9.96. The molecule has 174 valence electrons. The molecule has 0 radical (unpaired) electrons. The summed E-state index contributed by atoms with van der Waals surface area (Å²) in [5, 5.41) is 11.2. The Morgan fingerprint density at radius 1 is 1.09 bits per heavy atom. The highest BCUT2D eigenvalue weighted by molar-refractivity contribution is 7.09. The summed E-state index contributed by atoms with van der Waals surface area (Å²) in [6, 6.07) is 8.22. The van der Waals surface area contributed by atoms with Crippen molar-refractivity contribution in [3.63, 3.8) is 0 Å². The predicted molar refractivity (Wildman–Crippen MR) is 127 cm³/mol. The third-order valence-corrected chi connectivity index (χ3v) is 6.38. The van der Waals surface area contributed by atoms with Crippen LogP contribution in [0.15, 0.2) is 29.6 Å². The van der Waals surface area contributed by atoms with Crippen LogP contribution in [0.1, 0.15) is 79.3 Å². The maximum Gasteiger partial charge on any atom is 0.315 e. The molecule has 3 amide bonds. The van der Waals surface area contributed by atoms with Crippen LogP contribution >= 0.6 is 11.3 Å². The molecule has 1 aliphatic rings. The highest BCUT2D eigenvalue weighted by Gasteiger charge is 2.15. The van der Waals surface area contributed by atoms with E-state index in [0.717, 1.165) is 23.6 Å². The summed E-state index contributed by atoms with van der Waals surface area (Å²) in [6.07, 6.45) is 6.43. The van der Waals surface area contributed by atoms with Crippen molar-refractivity contribution in [1.29, 1.82) is 0 Å². The summed E-state index contributed by atoms with van der Waals surface area (Å²) in [5.74, 6) is 1.06. The SMILES string of the molecule is CC(C)c1ccc(OCc2nc(C(=O)NCCCNC(=O)NC3CCCCC3)cs2)cc1. The summed E-state index contributed by atoms with van der Waals surface area (Å²) in [4.78, 5) is 28.6. The fraction of sp³-hybridized carbons (Fsp3) is 0.542. The molecule has 0 atom stereocenters. The topological polar surface area (TPSA) is 92.3 Å². The quantitative estimate of drug-likeness (QED) is 0.454. The zero-order chi connectivity index (χ0) is 22.8. The summed E-state index contributed by atoms with van der Waals surface area (Å²) in [5.41, 5.74) is 1.66. The van der Waals surface area contributed by atoms with Crippen LogP contribution in [0, 0.1) is 0 Å². The predicted octanol–water partition coefficient (Wildman–Crippen LogP) is 4.60. The van der Waals surface area contributed by atoms with Gasteiger partial charge >= 0.3 is 6.03 Å². The van der Waals surface area contributed by atoms with Gasteiger partial charge in [0.05, 0.1) is 0 Å². The van der Waals surface area contributed by atoms with Crippen molar-refractivity contribution >= 4 is 23.3 Å². The number of carbonyl (C=O) groups is 2. The lowest BCUT2D eigenvalue weighted by Gasteiger charge is -2.22. The third kappa shape index (κ3) is 7.82. The van der Waals surface area contributed by atoms with Gasteiger partial charge in [0.2, 0.25) is 0 Å². The molecule has 0 unspecified atom stereocenters. The molecular formula is C24H34N4O3S. The Morgan fingerprint density at radius 2 is 1.81 bits per heavy atom. The Balaban J connectivity index is 1.30. The number of benzene rings is 1. The molecule has 1 saturated carbocycles. The lowest BCUT2D eigenvalue weighted by molar-refractivity contribution is 0.0948. The lowest BCUT2D eigenvalue weighted by Crippen LogP contribution is -2.43. The average molecular weight is 459 g/mol. The second-order valence-corrected chi connectivity index (χ2v) is 9.43. The van der Waals surface area contributed by atoms with Gasteiger partial charge in [-0.25, -0.2) is 9.78 Å². The molecule has 1 fully saturated rings. The number of carbonyl (C=O) groups excluding carboxylic acids is 2. The van der Waals surface area contributed by atoms with Gasteiger partial charge in [-0.1, -0.05) is 45.2 Å². The maximum atomic E-state index is 12.3. The second kappa shape index (κ2) is 12.4. The van der Waals surface area contributed by atoms with Gasteiger partial charge in [-0.05, 0) is 42.9 Å². The normalized spacial score (nSPS) is 14.2. The molecule has 3 rings (SSSR count). The highest BCUT2D eigenvalue weighted by Crippen LogP contribution is 2.20. The van der Waals surface area contributed by atoms with Gasteiger partial charge in [-0.3, -0.25) is 4.79 Å². The second-order valence-electron chi connectivity index (χ2n) is 8.48. The molecule has 2 aromatic rings. The van der Waals surface area contributed by atoms with E-state index in [9.17, 15) is 9.59 Å². The van der Waals surface area contributed by atoms with Gasteiger partial charge in [0.15, 0.2) is 0 Å². The zero-order valence-electron chi connectivity index (χ0n) is 19.0. The van der Waals surface area contributed by atoms with E-state index >= 15 is 0 Å². The van der Waals surface area contributed by atoms with Crippen LogP contribution in [-0.4, -0.2) is 36.1 Å². The summed E-state index contributed by atoms with van der Waals surface area (Å²) in [6.45, 7) is 5.64. The Morgan fingerprint density at radius 3 is 2.53 bits per heavy atom. The molecule has 1 heterocycles. The molecule has 7 nitrogen and oxygen atoms in total. The molecule has 1 aliphatic carbocycles. The van der Waals surface area contributed by atoms with Crippen molar-refractivity contribution in [2.45, 2.75) is 70.9 Å². The number of hydrogen-bond donors (Lipinski definition) is 3. The molecule has 32 heavy (non-hydrogen) atoms. The first-order valence-corrected chi connectivity index (χ1v) is 12.4. The van der Waals surface area contributed by atoms with E-state index in [1.165, 1.54) is 36.2 Å². The van der Waals surface area contributed by atoms with E-state index < -0.39 is 0 Å². The number of rotatable bonds is 10. The molecule has 3 N–H and O–H groups in total. The van der Waals surface area contributed by atoms with Gasteiger partial charge < -0.3 is 20.7 Å². The van der Waals surface area contributed by atoms with Gasteiger partial charge in [-0.2, -0.15) is 0 Å². The number of aromatic nitrogens is 1. The van der Waals surface area contributed by atoms with E-state index in [2.05, 4.69) is 46.9 Å². The number of urea groups is 1.